The van der Waals surface area contributed by atoms with Gasteiger partial charge in [0.25, 0.3) is 0 Å². The lowest BCUT2D eigenvalue weighted by Gasteiger charge is -2.34. The van der Waals surface area contributed by atoms with E-state index >= 15 is 0 Å². The average molecular weight is 263 g/mol. The first-order valence-corrected chi connectivity index (χ1v) is 7.12. The minimum absolute atomic E-state index is 0.673. The summed E-state index contributed by atoms with van der Waals surface area (Å²) in [5.74, 6) is 0.855. The highest BCUT2D eigenvalue weighted by Gasteiger charge is 2.20. The number of nitrogens with one attached hydrogen (secondary N) is 1. The van der Waals surface area contributed by atoms with Gasteiger partial charge in [-0.15, -0.1) is 0 Å². The summed E-state index contributed by atoms with van der Waals surface area (Å²) >= 11 is 0. The second kappa shape index (κ2) is 6.82. The molecule has 0 aliphatic carbocycles. The van der Waals surface area contributed by atoms with Crippen molar-refractivity contribution >= 4 is 5.82 Å². The molecule has 1 fully saturated rings. The molecule has 0 atom stereocenters. The van der Waals surface area contributed by atoms with E-state index in [0.29, 0.717) is 6.04 Å². The fraction of sp³-hybridized carbons (Fsp3) is 0.714. The molecule has 2 rings (SSSR count). The van der Waals surface area contributed by atoms with E-state index in [1.165, 1.54) is 25.9 Å². The predicted octanol–water partition coefficient (Wildman–Crippen LogP) is 1.43. The summed E-state index contributed by atoms with van der Waals surface area (Å²) in [6.07, 6.45) is 6.19. The van der Waals surface area contributed by atoms with Gasteiger partial charge in [-0.25, -0.2) is 4.98 Å². The number of nitrogens with zero attached hydrogens (tertiary/aromatic N) is 4. The van der Waals surface area contributed by atoms with Crippen molar-refractivity contribution in [1.82, 2.24) is 19.8 Å². The second-order valence-corrected chi connectivity index (χ2v) is 5.37. The highest BCUT2D eigenvalue weighted by Crippen LogP contribution is 2.15. The maximum absolute atomic E-state index is 4.47. The van der Waals surface area contributed by atoms with Crippen molar-refractivity contribution in [3.05, 3.63) is 18.1 Å². The Bertz CT molecular complexity index is 370. The molecule has 1 aromatic heterocycles. The van der Waals surface area contributed by atoms with Gasteiger partial charge in [-0.3, -0.25) is 9.88 Å². The third kappa shape index (κ3) is 4.14. The van der Waals surface area contributed by atoms with E-state index in [9.17, 15) is 0 Å². The first-order chi connectivity index (χ1) is 9.19. The Labute approximate surface area is 116 Å². The molecule has 1 saturated heterocycles. The zero-order chi connectivity index (χ0) is 13.7. The van der Waals surface area contributed by atoms with Crippen LogP contribution in [0.2, 0.25) is 0 Å². The van der Waals surface area contributed by atoms with Crippen molar-refractivity contribution < 1.29 is 0 Å². The number of piperidine rings is 1. The quantitative estimate of drug-likeness (QED) is 0.871. The van der Waals surface area contributed by atoms with Gasteiger partial charge in [-0.1, -0.05) is 0 Å². The smallest absolute Gasteiger partial charge is 0.144 e. The van der Waals surface area contributed by atoms with Crippen molar-refractivity contribution in [2.24, 2.45) is 0 Å². The van der Waals surface area contributed by atoms with Crippen LogP contribution in [0.15, 0.2) is 12.4 Å². The molecule has 1 aliphatic heterocycles. The zero-order valence-electron chi connectivity index (χ0n) is 12.3. The monoisotopic (exact) mass is 263 g/mol. The molecule has 1 aromatic rings. The summed E-state index contributed by atoms with van der Waals surface area (Å²) in [5, 5.41) is 3.16. The second-order valence-electron chi connectivity index (χ2n) is 5.37. The average Bonchev–Trinajstić information content (AvgIpc) is 2.42. The SMILES string of the molecule is CCNc1cnc(CN(C)C2CCN(C)CC2)cn1. The maximum Gasteiger partial charge on any atom is 0.144 e. The van der Waals surface area contributed by atoms with E-state index in [2.05, 4.69) is 46.1 Å². The third-order valence-corrected chi connectivity index (χ3v) is 3.79. The van der Waals surface area contributed by atoms with Gasteiger partial charge < -0.3 is 10.2 Å². The number of hydrogen-bond donors (Lipinski definition) is 1. The number of likely N-dealkylation sites (tertiary alicyclic amines) is 1. The lowest BCUT2D eigenvalue weighted by molar-refractivity contribution is 0.138. The third-order valence-electron chi connectivity index (χ3n) is 3.79. The van der Waals surface area contributed by atoms with Crippen molar-refractivity contribution in [1.29, 1.82) is 0 Å². The van der Waals surface area contributed by atoms with Crippen molar-refractivity contribution in [2.75, 3.05) is 39.0 Å². The summed E-state index contributed by atoms with van der Waals surface area (Å²) in [5.41, 5.74) is 1.04. The molecule has 0 amide bonds. The molecular formula is C14H25N5. The number of aromatic nitrogens is 2. The van der Waals surface area contributed by atoms with E-state index in [1.807, 2.05) is 12.4 Å². The first kappa shape index (κ1) is 14.2. The van der Waals surface area contributed by atoms with Crippen LogP contribution in [0.4, 0.5) is 5.82 Å². The summed E-state index contributed by atoms with van der Waals surface area (Å²) in [6.45, 7) is 6.21. The molecule has 0 bridgehead atoms. The van der Waals surface area contributed by atoms with Crippen LogP contribution in [0.3, 0.4) is 0 Å². The first-order valence-electron chi connectivity index (χ1n) is 7.12. The maximum atomic E-state index is 4.47. The van der Waals surface area contributed by atoms with E-state index in [0.717, 1.165) is 24.6 Å². The summed E-state index contributed by atoms with van der Waals surface area (Å²) in [6, 6.07) is 0.673. The molecule has 1 aliphatic rings. The molecule has 1 N–H and O–H groups in total. The molecule has 0 saturated carbocycles. The zero-order valence-corrected chi connectivity index (χ0v) is 12.3. The molecule has 5 heteroatoms. The van der Waals surface area contributed by atoms with Gasteiger partial charge in [0, 0.05) is 19.1 Å². The van der Waals surface area contributed by atoms with E-state index in [-0.39, 0.29) is 0 Å². The fourth-order valence-corrected chi connectivity index (χ4v) is 2.53. The van der Waals surface area contributed by atoms with Crippen LogP contribution in [0.25, 0.3) is 0 Å². The topological polar surface area (TPSA) is 44.3 Å². The Morgan fingerprint density at radius 3 is 2.63 bits per heavy atom. The normalized spacial score (nSPS) is 17.9. The summed E-state index contributed by atoms with van der Waals surface area (Å²) in [4.78, 5) is 13.6. The van der Waals surface area contributed by atoms with Crippen LogP contribution in [-0.2, 0) is 6.54 Å². The highest BCUT2D eigenvalue weighted by molar-refractivity contribution is 5.30. The Morgan fingerprint density at radius 2 is 2.05 bits per heavy atom. The summed E-state index contributed by atoms with van der Waals surface area (Å²) < 4.78 is 0. The van der Waals surface area contributed by atoms with Crippen LogP contribution in [0.1, 0.15) is 25.5 Å². The Morgan fingerprint density at radius 1 is 1.32 bits per heavy atom. The molecular weight excluding hydrogens is 238 g/mol. The lowest BCUT2D eigenvalue weighted by atomic mass is 10.0. The van der Waals surface area contributed by atoms with E-state index in [4.69, 9.17) is 0 Å². The van der Waals surface area contributed by atoms with Crippen LogP contribution >= 0.6 is 0 Å². The summed E-state index contributed by atoms with van der Waals surface area (Å²) in [7, 11) is 4.39. The minimum Gasteiger partial charge on any atom is -0.369 e. The number of rotatable bonds is 5. The van der Waals surface area contributed by atoms with E-state index in [1.54, 1.807) is 0 Å². The van der Waals surface area contributed by atoms with Gasteiger partial charge >= 0.3 is 0 Å². The van der Waals surface area contributed by atoms with Gasteiger partial charge in [-0.2, -0.15) is 0 Å². The van der Waals surface area contributed by atoms with Crippen molar-refractivity contribution in [3.63, 3.8) is 0 Å². The van der Waals surface area contributed by atoms with Gasteiger partial charge in [0.1, 0.15) is 5.82 Å². The van der Waals surface area contributed by atoms with Gasteiger partial charge in [-0.05, 0) is 47.0 Å². The molecule has 0 spiro atoms. The van der Waals surface area contributed by atoms with Crippen LogP contribution in [-0.4, -0.2) is 59.5 Å². The fourth-order valence-electron chi connectivity index (χ4n) is 2.53. The standard InChI is InChI=1S/C14H25N5/c1-4-15-14-10-16-12(9-17-14)11-19(3)13-5-7-18(2)8-6-13/h9-10,13H,4-8,11H2,1-3H3,(H,15,17). The van der Waals surface area contributed by atoms with Gasteiger partial charge in [0.2, 0.25) is 0 Å². The lowest BCUT2D eigenvalue weighted by Crippen LogP contribution is -2.41. The van der Waals surface area contributed by atoms with Crippen molar-refractivity contribution in [2.45, 2.75) is 32.4 Å². The molecule has 0 radical (unpaired) electrons. The Kier molecular flexibility index (Phi) is 5.10. The molecule has 5 nitrogen and oxygen atoms in total. The van der Waals surface area contributed by atoms with E-state index < -0.39 is 0 Å². The highest BCUT2D eigenvalue weighted by atomic mass is 15.2. The predicted molar refractivity (Wildman–Crippen MR) is 78.2 cm³/mol. The van der Waals surface area contributed by atoms with Crippen LogP contribution < -0.4 is 5.32 Å². The van der Waals surface area contributed by atoms with Crippen LogP contribution in [0, 0.1) is 0 Å². The molecule has 0 aromatic carbocycles. The Balaban J connectivity index is 1.86. The van der Waals surface area contributed by atoms with Gasteiger partial charge in [0.05, 0.1) is 18.1 Å². The molecule has 0 unspecified atom stereocenters. The molecule has 106 valence electrons. The Hall–Kier alpha value is -1.20. The van der Waals surface area contributed by atoms with Crippen molar-refractivity contribution in [3.8, 4) is 0 Å². The number of anilines is 1. The van der Waals surface area contributed by atoms with Crippen LogP contribution in [0.5, 0.6) is 0 Å². The van der Waals surface area contributed by atoms with Gasteiger partial charge in [0.15, 0.2) is 0 Å². The molecule has 2 heterocycles. The molecule has 19 heavy (non-hydrogen) atoms. The largest absolute Gasteiger partial charge is 0.369 e. The minimum atomic E-state index is 0.673. The number of hydrogen-bond acceptors (Lipinski definition) is 5.